The van der Waals surface area contributed by atoms with E-state index in [1.807, 2.05) is 0 Å². The second-order valence-electron chi connectivity index (χ2n) is 6.34. The highest BCUT2D eigenvalue weighted by atomic mass is 19.4. The number of aromatic nitrogens is 1. The first-order valence-electron chi connectivity index (χ1n) is 8.21. The number of carbonyl (C=O) groups excluding carboxylic acids is 1. The number of alkyl halides is 3. The van der Waals surface area contributed by atoms with Crippen LogP contribution in [0.15, 0.2) is 36.5 Å². The van der Waals surface area contributed by atoms with Crippen LogP contribution in [-0.4, -0.2) is 17.0 Å². The number of fused-ring (bicyclic) bond motifs is 1. The minimum atomic E-state index is -4.72. The van der Waals surface area contributed by atoms with Gasteiger partial charge in [0.05, 0.1) is 22.9 Å². The van der Waals surface area contributed by atoms with Gasteiger partial charge in [-0.25, -0.2) is 8.78 Å². The molecule has 0 aliphatic heterocycles. The van der Waals surface area contributed by atoms with E-state index >= 15 is 0 Å². The van der Waals surface area contributed by atoms with E-state index in [1.165, 1.54) is 12.3 Å². The number of amides is 1. The Morgan fingerprint density at radius 2 is 1.79 bits per heavy atom. The summed E-state index contributed by atoms with van der Waals surface area (Å²) in [4.78, 5) is 15.1. The summed E-state index contributed by atoms with van der Waals surface area (Å²) < 4.78 is 71.8. The molecule has 3 aromatic rings. The van der Waals surface area contributed by atoms with Gasteiger partial charge >= 0.3 is 6.18 Å². The molecular weight excluding hydrogens is 383 g/mol. The molecule has 0 atom stereocenters. The summed E-state index contributed by atoms with van der Waals surface area (Å²) in [6.45, 7) is 3.17. The van der Waals surface area contributed by atoms with Crippen LogP contribution in [0.1, 0.15) is 29.8 Å². The lowest BCUT2D eigenvalue weighted by atomic mass is 10.1. The molecule has 1 heterocycles. The summed E-state index contributed by atoms with van der Waals surface area (Å²) >= 11 is 0. The van der Waals surface area contributed by atoms with Crippen molar-refractivity contribution >= 4 is 22.5 Å². The first-order chi connectivity index (χ1) is 13.1. The third-order valence-electron chi connectivity index (χ3n) is 3.88. The number of hydrogen-bond donors (Lipinski definition) is 2. The van der Waals surface area contributed by atoms with Gasteiger partial charge in [-0.15, -0.1) is 0 Å². The third-order valence-corrected chi connectivity index (χ3v) is 3.88. The van der Waals surface area contributed by atoms with E-state index in [0.717, 1.165) is 18.2 Å². The Kier molecular flexibility index (Phi) is 5.01. The smallest absolute Gasteiger partial charge is 0.419 e. The zero-order chi connectivity index (χ0) is 20.6. The van der Waals surface area contributed by atoms with Crippen molar-refractivity contribution in [2.45, 2.75) is 26.1 Å². The second-order valence-corrected chi connectivity index (χ2v) is 6.34. The Balaban J connectivity index is 1.94. The van der Waals surface area contributed by atoms with Gasteiger partial charge < -0.3 is 15.0 Å². The van der Waals surface area contributed by atoms with Crippen molar-refractivity contribution in [3.8, 4) is 5.75 Å². The number of benzene rings is 2. The van der Waals surface area contributed by atoms with Gasteiger partial charge in [-0.05, 0) is 38.1 Å². The van der Waals surface area contributed by atoms with Crippen molar-refractivity contribution < 1.29 is 31.5 Å². The molecule has 2 N–H and O–H groups in total. The van der Waals surface area contributed by atoms with E-state index in [-0.39, 0.29) is 27.9 Å². The maximum Gasteiger partial charge on any atom is 0.419 e. The molecule has 0 bridgehead atoms. The van der Waals surface area contributed by atoms with Crippen LogP contribution in [0.3, 0.4) is 0 Å². The maximum absolute atomic E-state index is 13.5. The number of nitrogens with one attached hydrogen (secondary N) is 2. The van der Waals surface area contributed by atoms with Gasteiger partial charge in [0.2, 0.25) is 0 Å². The van der Waals surface area contributed by atoms with Gasteiger partial charge in [0.25, 0.3) is 5.91 Å². The van der Waals surface area contributed by atoms with Crippen molar-refractivity contribution in [2.24, 2.45) is 0 Å². The van der Waals surface area contributed by atoms with Crippen LogP contribution in [0, 0.1) is 11.6 Å². The number of H-pyrrole nitrogens is 1. The van der Waals surface area contributed by atoms with Crippen LogP contribution in [0.2, 0.25) is 0 Å². The standard InChI is InChI=1S/C19H15F5N2O2/c1-9(2)28-17-4-3-10(5-12(17)19(22,23)24)18(27)26-16-8-25-15-7-14(21)13(20)6-11(15)16/h3-9,25H,1-2H3,(H,26,27). The summed E-state index contributed by atoms with van der Waals surface area (Å²) in [6, 6.07) is 4.75. The monoisotopic (exact) mass is 398 g/mol. The highest BCUT2D eigenvalue weighted by Crippen LogP contribution is 2.37. The molecule has 0 saturated heterocycles. The number of aromatic amines is 1. The predicted molar refractivity (Wildman–Crippen MR) is 93.4 cm³/mol. The number of hydrogen-bond acceptors (Lipinski definition) is 2. The Bertz CT molecular complexity index is 1040. The van der Waals surface area contributed by atoms with Crippen LogP contribution in [-0.2, 0) is 6.18 Å². The molecule has 28 heavy (non-hydrogen) atoms. The highest BCUT2D eigenvalue weighted by molar-refractivity contribution is 6.09. The number of anilines is 1. The van der Waals surface area contributed by atoms with Gasteiger partial charge in [0, 0.05) is 23.2 Å². The van der Waals surface area contributed by atoms with Crippen LogP contribution < -0.4 is 10.1 Å². The second kappa shape index (κ2) is 7.14. The quantitative estimate of drug-likeness (QED) is 0.570. The first-order valence-corrected chi connectivity index (χ1v) is 8.21. The average molecular weight is 398 g/mol. The summed E-state index contributed by atoms with van der Waals surface area (Å²) in [5, 5.41) is 2.58. The molecule has 2 aromatic carbocycles. The van der Waals surface area contributed by atoms with E-state index in [2.05, 4.69) is 10.3 Å². The molecule has 0 saturated carbocycles. The number of ether oxygens (including phenoxy) is 1. The Labute approximate surface area is 156 Å². The maximum atomic E-state index is 13.5. The van der Waals surface area contributed by atoms with Crippen molar-refractivity contribution in [1.29, 1.82) is 0 Å². The van der Waals surface area contributed by atoms with E-state index in [9.17, 15) is 26.7 Å². The van der Waals surface area contributed by atoms with Gasteiger partial charge in [0.15, 0.2) is 11.6 Å². The lowest BCUT2D eigenvalue weighted by Crippen LogP contribution is -2.16. The molecule has 0 aliphatic carbocycles. The summed E-state index contributed by atoms with van der Waals surface area (Å²) in [5.41, 5.74) is -1.01. The van der Waals surface area contributed by atoms with Gasteiger partial charge in [-0.2, -0.15) is 13.2 Å². The fourth-order valence-corrected chi connectivity index (χ4v) is 2.66. The first kappa shape index (κ1) is 19.7. The summed E-state index contributed by atoms with van der Waals surface area (Å²) in [6.07, 6.45) is -3.91. The number of carbonyl (C=O) groups is 1. The summed E-state index contributed by atoms with van der Waals surface area (Å²) in [7, 11) is 0. The molecule has 0 unspecified atom stereocenters. The Morgan fingerprint density at radius 3 is 2.43 bits per heavy atom. The van der Waals surface area contributed by atoms with Crippen LogP contribution in [0.5, 0.6) is 5.75 Å². The van der Waals surface area contributed by atoms with Gasteiger partial charge in [-0.1, -0.05) is 0 Å². The molecule has 1 aromatic heterocycles. The normalized spacial score (nSPS) is 11.9. The van der Waals surface area contributed by atoms with Crippen molar-refractivity contribution in [1.82, 2.24) is 4.98 Å². The molecule has 1 amide bonds. The molecule has 0 aliphatic rings. The molecule has 0 spiro atoms. The zero-order valence-electron chi connectivity index (χ0n) is 14.7. The fraction of sp³-hybridized carbons (Fsp3) is 0.211. The number of halogens is 5. The van der Waals surface area contributed by atoms with Crippen LogP contribution >= 0.6 is 0 Å². The van der Waals surface area contributed by atoms with Gasteiger partial charge in [0.1, 0.15) is 5.75 Å². The van der Waals surface area contributed by atoms with E-state index in [1.54, 1.807) is 13.8 Å². The minimum Gasteiger partial charge on any atom is -0.490 e. The molecule has 148 valence electrons. The van der Waals surface area contributed by atoms with Crippen molar-refractivity contribution in [3.05, 3.63) is 59.3 Å². The van der Waals surface area contributed by atoms with Crippen LogP contribution in [0.4, 0.5) is 27.6 Å². The highest BCUT2D eigenvalue weighted by Gasteiger charge is 2.35. The zero-order valence-corrected chi connectivity index (χ0v) is 14.7. The Hall–Kier alpha value is -3.10. The van der Waals surface area contributed by atoms with E-state index in [0.29, 0.717) is 6.07 Å². The third kappa shape index (κ3) is 3.92. The summed E-state index contributed by atoms with van der Waals surface area (Å²) in [5.74, 6) is -3.41. The van der Waals surface area contributed by atoms with E-state index in [4.69, 9.17) is 4.74 Å². The lowest BCUT2D eigenvalue weighted by Gasteiger charge is -2.17. The molecule has 3 rings (SSSR count). The molecule has 0 fully saturated rings. The largest absolute Gasteiger partial charge is 0.490 e. The molecule has 9 heteroatoms. The minimum absolute atomic E-state index is 0.106. The number of rotatable bonds is 4. The predicted octanol–water partition coefficient (Wildman–Crippen LogP) is 5.50. The molecule has 0 radical (unpaired) electrons. The topological polar surface area (TPSA) is 54.1 Å². The average Bonchev–Trinajstić information content (AvgIpc) is 2.96. The Morgan fingerprint density at radius 1 is 1.11 bits per heavy atom. The van der Waals surface area contributed by atoms with Crippen LogP contribution in [0.25, 0.3) is 10.9 Å². The molecular formula is C19H15F5N2O2. The molecule has 4 nitrogen and oxygen atoms in total. The lowest BCUT2D eigenvalue weighted by molar-refractivity contribution is -0.139. The van der Waals surface area contributed by atoms with E-state index < -0.39 is 35.4 Å². The fourth-order valence-electron chi connectivity index (χ4n) is 2.66. The van der Waals surface area contributed by atoms with Gasteiger partial charge in [-0.3, -0.25) is 4.79 Å². The van der Waals surface area contributed by atoms with Crippen molar-refractivity contribution in [2.75, 3.05) is 5.32 Å². The van der Waals surface area contributed by atoms with Crippen molar-refractivity contribution in [3.63, 3.8) is 0 Å². The SMILES string of the molecule is CC(C)Oc1ccc(C(=O)Nc2c[nH]c3cc(F)c(F)cc23)cc1C(F)(F)F.